The van der Waals surface area contributed by atoms with E-state index >= 15 is 0 Å². The van der Waals surface area contributed by atoms with Gasteiger partial charge >= 0.3 is 5.97 Å². The van der Waals surface area contributed by atoms with E-state index in [1.807, 2.05) is 0 Å². The minimum Gasteiger partial charge on any atom is -0.480 e. The average Bonchev–Trinajstić information content (AvgIpc) is 1.69. The van der Waals surface area contributed by atoms with E-state index in [9.17, 15) is 4.79 Å². The first-order valence-corrected chi connectivity index (χ1v) is 3.34. The molecule has 0 saturated heterocycles. The van der Waals surface area contributed by atoms with Crippen molar-refractivity contribution in [2.75, 3.05) is 5.75 Å². The van der Waals surface area contributed by atoms with Crippen molar-refractivity contribution in [2.45, 2.75) is 6.04 Å². The molecule has 0 aromatic carbocycles. The van der Waals surface area contributed by atoms with Gasteiger partial charge in [0.15, 0.2) is 0 Å². The van der Waals surface area contributed by atoms with Crippen LogP contribution in [0, 0.1) is 0 Å². The molecule has 8 heavy (non-hydrogen) atoms. The Kier molecular flexibility index (Phi) is 4.31. The molecule has 0 aromatic rings. The van der Waals surface area contributed by atoms with E-state index in [0.717, 1.165) is 0 Å². The Balaban J connectivity index is 3.52. The maximum absolute atomic E-state index is 10.0. The first kappa shape index (κ1) is 8.26. The Morgan fingerprint density at radius 2 is 2.50 bits per heavy atom. The van der Waals surface area contributed by atoms with Crippen molar-refractivity contribution < 1.29 is 9.90 Å². The lowest BCUT2D eigenvalue weighted by Gasteiger charge is -2.02. The number of hydrogen-bond donors (Lipinski definition) is 3. The molecule has 0 aliphatic rings. The molecule has 0 fully saturated rings. The molecular formula is C3H6BrNO2S. The second kappa shape index (κ2) is 4.17. The van der Waals surface area contributed by atoms with Crippen LogP contribution in [0.2, 0.25) is 0 Å². The summed E-state index contributed by atoms with van der Waals surface area (Å²) < 4.78 is 2.39. The molecule has 0 heterocycles. The van der Waals surface area contributed by atoms with E-state index in [2.05, 4.69) is 33.1 Å². The van der Waals surface area contributed by atoms with E-state index in [4.69, 9.17) is 5.11 Å². The van der Waals surface area contributed by atoms with E-state index in [-0.39, 0.29) is 5.75 Å². The number of aliphatic carboxylic acids is 1. The Morgan fingerprint density at radius 3 is 2.50 bits per heavy atom. The van der Waals surface area contributed by atoms with Gasteiger partial charge in [-0.15, -0.1) is 0 Å². The predicted octanol–water partition coefficient (Wildman–Crippen LogP) is 0.269. The molecule has 5 heteroatoms. The van der Waals surface area contributed by atoms with Gasteiger partial charge in [0.1, 0.15) is 6.04 Å². The molecule has 0 aromatic heterocycles. The van der Waals surface area contributed by atoms with Gasteiger partial charge in [-0.05, 0) is 0 Å². The van der Waals surface area contributed by atoms with Crippen molar-refractivity contribution in [3.63, 3.8) is 0 Å². The molecule has 1 unspecified atom stereocenters. The fourth-order valence-electron chi connectivity index (χ4n) is 0.159. The van der Waals surface area contributed by atoms with Gasteiger partial charge in [-0.2, -0.15) is 12.6 Å². The third-order valence-electron chi connectivity index (χ3n) is 0.612. The van der Waals surface area contributed by atoms with Crippen LogP contribution in [0.25, 0.3) is 0 Å². The summed E-state index contributed by atoms with van der Waals surface area (Å²) in [7, 11) is 0. The Labute approximate surface area is 61.2 Å². The molecule has 0 rings (SSSR count). The molecule has 0 aliphatic heterocycles. The Morgan fingerprint density at radius 1 is 2.00 bits per heavy atom. The minimum absolute atomic E-state index is 0.278. The molecule has 0 radical (unpaired) electrons. The highest BCUT2D eigenvalue weighted by molar-refractivity contribution is 9.08. The van der Waals surface area contributed by atoms with E-state index in [1.165, 1.54) is 0 Å². The zero-order valence-corrected chi connectivity index (χ0v) is 6.45. The van der Waals surface area contributed by atoms with Crippen LogP contribution in [-0.4, -0.2) is 22.9 Å². The predicted molar refractivity (Wildman–Crippen MR) is 37.3 cm³/mol. The van der Waals surface area contributed by atoms with Crippen molar-refractivity contribution in [1.29, 1.82) is 0 Å². The van der Waals surface area contributed by atoms with Crippen molar-refractivity contribution in [1.82, 2.24) is 4.34 Å². The monoisotopic (exact) mass is 199 g/mol. The van der Waals surface area contributed by atoms with Gasteiger partial charge in [0.05, 0.1) is 0 Å². The molecule has 1 atom stereocenters. The summed E-state index contributed by atoms with van der Waals surface area (Å²) in [5.41, 5.74) is 0. The van der Waals surface area contributed by atoms with Crippen LogP contribution in [0.3, 0.4) is 0 Å². The fraction of sp³-hybridized carbons (Fsp3) is 0.667. The lowest BCUT2D eigenvalue weighted by molar-refractivity contribution is -0.138. The standard InChI is InChI=1S/C3H6BrNO2S/c4-5-2(1-8)3(6)7/h2,5,8H,1H2,(H,6,7). The second-order valence-electron chi connectivity index (χ2n) is 1.18. The van der Waals surface area contributed by atoms with Crippen LogP contribution in [-0.2, 0) is 4.79 Å². The summed E-state index contributed by atoms with van der Waals surface area (Å²) in [5.74, 6) is -0.627. The molecule has 3 nitrogen and oxygen atoms in total. The third kappa shape index (κ3) is 2.54. The topological polar surface area (TPSA) is 49.3 Å². The highest BCUT2D eigenvalue weighted by Gasteiger charge is 2.11. The molecule has 48 valence electrons. The quantitative estimate of drug-likeness (QED) is 0.452. The summed E-state index contributed by atoms with van der Waals surface area (Å²) in [4.78, 5) is 10.0. The highest BCUT2D eigenvalue weighted by atomic mass is 79.9. The van der Waals surface area contributed by atoms with Gasteiger partial charge in [-0.3, -0.25) is 4.79 Å². The zero-order valence-electron chi connectivity index (χ0n) is 3.97. The van der Waals surface area contributed by atoms with E-state index in [0.29, 0.717) is 0 Å². The normalized spacial score (nSPS) is 13.2. The van der Waals surface area contributed by atoms with Gasteiger partial charge in [0, 0.05) is 21.9 Å². The maximum atomic E-state index is 10.0. The summed E-state index contributed by atoms with van der Waals surface area (Å²) >= 11 is 6.56. The number of hydrogen-bond acceptors (Lipinski definition) is 3. The van der Waals surface area contributed by atoms with Gasteiger partial charge in [0.2, 0.25) is 0 Å². The average molecular weight is 200 g/mol. The summed E-state index contributed by atoms with van der Waals surface area (Å²) in [6.07, 6.45) is 0. The van der Waals surface area contributed by atoms with E-state index in [1.54, 1.807) is 0 Å². The fourth-order valence-corrected chi connectivity index (χ4v) is 1.01. The molecule has 0 aliphatic carbocycles. The van der Waals surface area contributed by atoms with Crippen LogP contribution < -0.4 is 4.34 Å². The summed E-state index contributed by atoms with van der Waals surface area (Å²) in [6.45, 7) is 0. The van der Waals surface area contributed by atoms with Crippen LogP contribution in [0.15, 0.2) is 0 Å². The summed E-state index contributed by atoms with van der Waals surface area (Å²) in [6, 6.07) is -0.599. The molecule has 0 amide bonds. The number of carboxylic acid groups (broad SMARTS) is 1. The van der Waals surface area contributed by atoms with Gasteiger partial charge in [-0.1, -0.05) is 0 Å². The summed E-state index contributed by atoms with van der Waals surface area (Å²) in [5, 5.41) is 8.23. The molecule has 0 spiro atoms. The largest absolute Gasteiger partial charge is 0.480 e. The number of thiol groups is 1. The number of carbonyl (C=O) groups is 1. The Hall–Kier alpha value is 0.260. The van der Waals surface area contributed by atoms with Crippen LogP contribution in [0.5, 0.6) is 0 Å². The highest BCUT2D eigenvalue weighted by Crippen LogP contribution is 1.89. The number of carboxylic acids is 1. The van der Waals surface area contributed by atoms with Gasteiger partial charge < -0.3 is 5.11 Å². The van der Waals surface area contributed by atoms with Gasteiger partial charge in [-0.25, -0.2) is 4.34 Å². The van der Waals surface area contributed by atoms with Crippen LogP contribution >= 0.6 is 28.8 Å². The Bertz CT molecular complexity index is 85.4. The van der Waals surface area contributed by atoms with E-state index < -0.39 is 12.0 Å². The SMILES string of the molecule is O=C(O)C(CS)NBr. The number of rotatable bonds is 3. The second-order valence-corrected chi connectivity index (χ2v) is 2.01. The minimum atomic E-state index is -0.906. The lowest BCUT2D eigenvalue weighted by atomic mass is 10.4. The van der Waals surface area contributed by atoms with Crippen molar-refractivity contribution >= 4 is 34.7 Å². The number of halogens is 1. The zero-order chi connectivity index (χ0) is 6.57. The van der Waals surface area contributed by atoms with Crippen LogP contribution in [0.1, 0.15) is 0 Å². The maximum Gasteiger partial charge on any atom is 0.322 e. The lowest BCUT2D eigenvalue weighted by Crippen LogP contribution is -2.31. The van der Waals surface area contributed by atoms with Crippen LogP contribution in [0.4, 0.5) is 0 Å². The van der Waals surface area contributed by atoms with Crippen molar-refractivity contribution in [3.05, 3.63) is 0 Å². The van der Waals surface area contributed by atoms with Crippen molar-refractivity contribution in [2.24, 2.45) is 0 Å². The first-order valence-electron chi connectivity index (χ1n) is 1.92. The number of nitrogens with one attached hydrogen (secondary N) is 1. The van der Waals surface area contributed by atoms with Gasteiger partial charge in [0.25, 0.3) is 0 Å². The third-order valence-corrected chi connectivity index (χ3v) is 1.53. The molecule has 0 saturated carbocycles. The smallest absolute Gasteiger partial charge is 0.322 e. The first-order chi connectivity index (χ1) is 3.72. The molecule has 2 N–H and O–H groups in total. The molecule has 0 bridgehead atoms. The van der Waals surface area contributed by atoms with Crippen molar-refractivity contribution in [3.8, 4) is 0 Å². The molecular weight excluding hydrogens is 194 g/mol.